The number of nitrogens with one attached hydrogen (secondary N) is 1. The van der Waals surface area contributed by atoms with Crippen LogP contribution in [0.1, 0.15) is 5.56 Å². The molecule has 37 heavy (non-hydrogen) atoms. The number of benzene rings is 3. The lowest BCUT2D eigenvalue weighted by Crippen LogP contribution is -2.42. The van der Waals surface area contributed by atoms with Crippen molar-refractivity contribution in [2.45, 2.75) is 20.9 Å². The number of amides is 2. The molecule has 0 saturated heterocycles. The molecule has 0 aliphatic rings. The molecule has 3 aromatic rings. The Morgan fingerprint density at radius 2 is 1.41 bits per heavy atom. The number of rotatable bonds is 8. The molecule has 0 spiro atoms. The molecule has 3 aromatic carbocycles. The van der Waals surface area contributed by atoms with Crippen molar-refractivity contribution >= 4 is 31.6 Å². The van der Waals surface area contributed by atoms with Crippen molar-refractivity contribution in [1.29, 1.82) is 0 Å². The fraction of sp³-hybridized carbons (Fsp3) is 0.208. The fourth-order valence-electron chi connectivity index (χ4n) is 3.40. The Morgan fingerprint density at radius 1 is 0.838 bits per heavy atom. The molecule has 198 valence electrons. The molecule has 13 heteroatoms. The average Bonchev–Trinajstić information content (AvgIpc) is 2.87. The number of halogens is 3. The number of para-hydroxylation sites is 1. The van der Waals surface area contributed by atoms with Crippen LogP contribution in [0.2, 0.25) is 0 Å². The van der Waals surface area contributed by atoms with Crippen molar-refractivity contribution in [3.05, 3.63) is 84.4 Å². The van der Waals surface area contributed by atoms with Crippen LogP contribution in [-0.2, 0) is 26.0 Å². The highest BCUT2D eigenvalue weighted by molar-refractivity contribution is 7.91. The van der Waals surface area contributed by atoms with E-state index in [0.717, 1.165) is 6.07 Å². The first-order valence-electron chi connectivity index (χ1n) is 10.8. The molecule has 2 amide bonds. The van der Waals surface area contributed by atoms with E-state index in [0.29, 0.717) is 17.8 Å². The Balaban J connectivity index is 1.84. The number of hydrogen-bond acceptors (Lipinski definition) is 5. The third-order valence-corrected chi connectivity index (χ3v) is 8.68. The maximum Gasteiger partial charge on any atom is 0.417 e. The van der Waals surface area contributed by atoms with Crippen LogP contribution in [0, 0.1) is 0 Å². The molecule has 0 aromatic heterocycles. The van der Waals surface area contributed by atoms with Gasteiger partial charge in [0, 0.05) is 32.9 Å². The molecule has 0 atom stereocenters. The molecule has 0 aliphatic carbocycles. The van der Waals surface area contributed by atoms with Crippen LogP contribution in [0.4, 0.5) is 23.7 Å². The standard InChI is InChI=1S/C24H24F3N3O5S2/c1-29(23(31)30(2)18-9-5-3-6-10-18)16-15-28-37(34,35)22-17-20(13-14-21(22)24(25,26)27)36(32,33)19-11-7-4-8-12-19/h3-14,17,28H,15-16H2,1-2H3. The number of likely N-dealkylation sites (N-methyl/N-ethyl adjacent to an activating group) is 1. The van der Waals surface area contributed by atoms with E-state index in [-0.39, 0.29) is 11.4 Å². The SMILES string of the molecule is CN(CCNS(=O)(=O)c1cc(S(=O)(=O)c2ccccc2)ccc1C(F)(F)F)C(=O)N(C)c1ccccc1. The normalized spacial score (nSPS) is 12.2. The van der Waals surface area contributed by atoms with Gasteiger partial charge >= 0.3 is 12.2 Å². The summed E-state index contributed by atoms with van der Waals surface area (Å²) in [5.41, 5.74) is -0.925. The van der Waals surface area contributed by atoms with Gasteiger partial charge in [-0.25, -0.2) is 26.4 Å². The quantitative estimate of drug-likeness (QED) is 0.453. The maximum absolute atomic E-state index is 13.6. The zero-order valence-electron chi connectivity index (χ0n) is 19.8. The number of urea groups is 1. The number of sulfonamides is 1. The number of carbonyl (C=O) groups excluding carboxylic acids is 1. The summed E-state index contributed by atoms with van der Waals surface area (Å²) in [5, 5.41) is 0. The zero-order chi connectivity index (χ0) is 27.4. The van der Waals surface area contributed by atoms with Gasteiger partial charge in [0.25, 0.3) is 0 Å². The van der Waals surface area contributed by atoms with Gasteiger partial charge in [-0.3, -0.25) is 4.90 Å². The van der Waals surface area contributed by atoms with E-state index in [9.17, 15) is 34.8 Å². The highest BCUT2D eigenvalue weighted by Gasteiger charge is 2.38. The zero-order valence-corrected chi connectivity index (χ0v) is 21.4. The van der Waals surface area contributed by atoms with E-state index in [1.807, 2.05) is 4.72 Å². The van der Waals surface area contributed by atoms with E-state index >= 15 is 0 Å². The minimum Gasteiger partial charge on any atom is -0.326 e. The van der Waals surface area contributed by atoms with Crippen molar-refractivity contribution in [2.75, 3.05) is 32.1 Å². The van der Waals surface area contributed by atoms with Gasteiger partial charge in [-0.1, -0.05) is 36.4 Å². The Kier molecular flexibility index (Phi) is 8.30. The summed E-state index contributed by atoms with van der Waals surface area (Å²) in [6, 6.07) is 16.7. The topological polar surface area (TPSA) is 104 Å². The fourth-order valence-corrected chi connectivity index (χ4v) is 6.05. The second-order valence-electron chi connectivity index (χ2n) is 7.97. The molecule has 0 heterocycles. The van der Waals surface area contributed by atoms with E-state index in [4.69, 9.17) is 0 Å². The van der Waals surface area contributed by atoms with Gasteiger partial charge in [-0.2, -0.15) is 13.2 Å². The number of hydrogen-bond donors (Lipinski definition) is 1. The lowest BCUT2D eigenvalue weighted by Gasteiger charge is -2.25. The highest BCUT2D eigenvalue weighted by Crippen LogP contribution is 2.36. The second-order valence-corrected chi connectivity index (χ2v) is 11.7. The summed E-state index contributed by atoms with van der Waals surface area (Å²) < 4.78 is 94.5. The smallest absolute Gasteiger partial charge is 0.326 e. The summed E-state index contributed by atoms with van der Waals surface area (Å²) in [6.07, 6.45) is -5.07. The number of anilines is 1. The van der Waals surface area contributed by atoms with Crippen LogP contribution < -0.4 is 9.62 Å². The molecular weight excluding hydrogens is 531 g/mol. The van der Waals surface area contributed by atoms with E-state index in [2.05, 4.69) is 0 Å². The lowest BCUT2D eigenvalue weighted by molar-refractivity contribution is -0.139. The van der Waals surface area contributed by atoms with Crippen LogP contribution in [0.25, 0.3) is 0 Å². The van der Waals surface area contributed by atoms with Gasteiger partial charge in [-0.15, -0.1) is 0 Å². The minimum absolute atomic E-state index is 0.168. The third kappa shape index (κ3) is 6.48. The van der Waals surface area contributed by atoms with Gasteiger partial charge in [0.05, 0.1) is 20.2 Å². The van der Waals surface area contributed by atoms with Crippen molar-refractivity contribution in [3.63, 3.8) is 0 Å². The maximum atomic E-state index is 13.6. The first kappa shape index (κ1) is 28.2. The Labute approximate surface area is 213 Å². The summed E-state index contributed by atoms with van der Waals surface area (Å²) in [4.78, 5) is 13.1. The van der Waals surface area contributed by atoms with Gasteiger partial charge in [0.15, 0.2) is 0 Å². The molecule has 0 radical (unpaired) electrons. The van der Waals surface area contributed by atoms with Crippen molar-refractivity contribution in [1.82, 2.24) is 9.62 Å². The van der Waals surface area contributed by atoms with Crippen LogP contribution >= 0.6 is 0 Å². The number of carbonyl (C=O) groups is 1. The Morgan fingerprint density at radius 3 is 1.97 bits per heavy atom. The van der Waals surface area contributed by atoms with Gasteiger partial charge in [0.1, 0.15) is 0 Å². The van der Waals surface area contributed by atoms with Gasteiger partial charge < -0.3 is 4.90 Å². The largest absolute Gasteiger partial charge is 0.417 e. The predicted octanol–water partition coefficient (Wildman–Crippen LogP) is 4.00. The van der Waals surface area contributed by atoms with Gasteiger partial charge in [-0.05, 0) is 42.5 Å². The van der Waals surface area contributed by atoms with E-state index < -0.39 is 54.0 Å². The van der Waals surface area contributed by atoms with Crippen LogP contribution in [0.15, 0.2) is 93.5 Å². The first-order chi connectivity index (χ1) is 17.2. The lowest BCUT2D eigenvalue weighted by atomic mass is 10.2. The molecule has 0 unspecified atom stereocenters. The van der Waals surface area contributed by atoms with Crippen LogP contribution in [0.5, 0.6) is 0 Å². The second kappa shape index (κ2) is 10.9. The van der Waals surface area contributed by atoms with Crippen LogP contribution in [0.3, 0.4) is 0 Å². The molecule has 0 fully saturated rings. The summed E-state index contributed by atoms with van der Waals surface area (Å²) >= 11 is 0. The molecule has 1 N–H and O–H groups in total. The summed E-state index contributed by atoms with van der Waals surface area (Å²) in [5.74, 6) is 0. The number of alkyl halides is 3. The van der Waals surface area contributed by atoms with E-state index in [1.165, 1.54) is 48.2 Å². The van der Waals surface area contributed by atoms with E-state index in [1.54, 1.807) is 36.4 Å². The Hall–Kier alpha value is -3.42. The van der Waals surface area contributed by atoms with Crippen LogP contribution in [-0.4, -0.2) is 55.0 Å². The average molecular weight is 556 g/mol. The molecule has 0 bridgehead atoms. The minimum atomic E-state index is -5.07. The monoisotopic (exact) mass is 555 g/mol. The van der Waals surface area contributed by atoms with Crippen molar-refractivity contribution < 1.29 is 34.8 Å². The molecule has 0 aliphatic heterocycles. The number of sulfone groups is 1. The summed E-state index contributed by atoms with van der Waals surface area (Å²) in [7, 11) is -6.17. The highest BCUT2D eigenvalue weighted by atomic mass is 32.2. The predicted molar refractivity (Wildman–Crippen MR) is 131 cm³/mol. The summed E-state index contributed by atoms with van der Waals surface area (Å²) in [6.45, 7) is -0.585. The molecule has 8 nitrogen and oxygen atoms in total. The molecule has 0 saturated carbocycles. The van der Waals surface area contributed by atoms with Gasteiger partial charge in [0.2, 0.25) is 19.9 Å². The van der Waals surface area contributed by atoms with Crippen molar-refractivity contribution in [2.24, 2.45) is 0 Å². The molecule has 3 rings (SSSR count). The third-order valence-electron chi connectivity index (χ3n) is 5.41. The Bertz CT molecular complexity index is 1460. The van der Waals surface area contributed by atoms with Crippen molar-refractivity contribution in [3.8, 4) is 0 Å². The molecular formula is C24H24F3N3O5S2. The number of nitrogens with zero attached hydrogens (tertiary/aromatic N) is 2. The first-order valence-corrected chi connectivity index (χ1v) is 13.8.